The Balaban J connectivity index is 1.97. The molecule has 8 nitrogen and oxygen atoms in total. The van der Waals surface area contributed by atoms with E-state index in [-0.39, 0.29) is 18.1 Å². The van der Waals surface area contributed by atoms with Crippen LogP contribution in [0.4, 0.5) is 23.7 Å². The molecule has 22 heavy (non-hydrogen) atoms. The predicted molar refractivity (Wildman–Crippen MR) is 68.9 cm³/mol. The molecule has 2 aromatic heterocycles. The molecule has 0 bridgehead atoms. The number of aromatic amines is 2. The van der Waals surface area contributed by atoms with Crippen LogP contribution >= 0.6 is 0 Å². The molecule has 2 aromatic rings. The first-order chi connectivity index (χ1) is 10.3. The van der Waals surface area contributed by atoms with Crippen LogP contribution in [0.2, 0.25) is 0 Å². The van der Waals surface area contributed by atoms with Crippen molar-refractivity contribution in [1.29, 1.82) is 0 Å². The molecule has 2 amide bonds. The lowest BCUT2D eigenvalue weighted by Gasteiger charge is -2.16. The van der Waals surface area contributed by atoms with Crippen LogP contribution in [0.25, 0.3) is 0 Å². The van der Waals surface area contributed by atoms with Crippen molar-refractivity contribution in [1.82, 2.24) is 25.1 Å². The van der Waals surface area contributed by atoms with Crippen LogP contribution in [-0.4, -0.2) is 38.1 Å². The molecule has 0 spiro atoms. The first-order valence-electron chi connectivity index (χ1n) is 5.94. The van der Waals surface area contributed by atoms with Gasteiger partial charge in [0.05, 0.1) is 18.4 Å². The second kappa shape index (κ2) is 5.87. The van der Waals surface area contributed by atoms with Gasteiger partial charge in [0.15, 0.2) is 5.82 Å². The van der Waals surface area contributed by atoms with Gasteiger partial charge in [-0.3, -0.25) is 4.98 Å². The van der Waals surface area contributed by atoms with Gasteiger partial charge in [0.1, 0.15) is 5.69 Å². The number of pyridine rings is 1. The van der Waals surface area contributed by atoms with Crippen LogP contribution in [0.5, 0.6) is 0 Å². The second-order valence-electron chi connectivity index (χ2n) is 4.34. The normalized spacial score (nSPS) is 11.3. The first kappa shape index (κ1) is 15.5. The quantitative estimate of drug-likeness (QED) is 0.790. The van der Waals surface area contributed by atoms with E-state index in [0.29, 0.717) is 0 Å². The van der Waals surface area contributed by atoms with Gasteiger partial charge in [-0.25, -0.2) is 19.7 Å². The number of H-pyrrole nitrogens is 2. The van der Waals surface area contributed by atoms with E-state index >= 15 is 0 Å². The van der Waals surface area contributed by atoms with E-state index in [1.807, 2.05) is 0 Å². The van der Waals surface area contributed by atoms with Gasteiger partial charge in [-0.05, 0) is 12.1 Å². The summed E-state index contributed by atoms with van der Waals surface area (Å²) in [6.45, 7) is 0.0125. The van der Waals surface area contributed by atoms with Crippen molar-refractivity contribution in [3.8, 4) is 0 Å². The second-order valence-corrected chi connectivity index (χ2v) is 4.34. The van der Waals surface area contributed by atoms with Crippen LogP contribution in [0, 0.1) is 0 Å². The summed E-state index contributed by atoms with van der Waals surface area (Å²) in [5.74, 6) is 0.244. The number of hydrogen-bond donors (Lipinski definition) is 3. The number of rotatable bonds is 3. The molecule has 0 aliphatic heterocycles. The van der Waals surface area contributed by atoms with E-state index in [9.17, 15) is 22.8 Å². The third kappa shape index (κ3) is 3.84. The van der Waals surface area contributed by atoms with Gasteiger partial charge in [0.2, 0.25) is 0 Å². The molecular weight excluding hydrogens is 305 g/mol. The van der Waals surface area contributed by atoms with Crippen molar-refractivity contribution in [3.63, 3.8) is 0 Å². The standard InChI is InChI=1S/C11H11F3N6O2/c1-20(5-8-17-9(21)19-18-8)10(22)16-6-2-3-7(15-4-6)11(12,13)14/h2-4H,5H2,1H3,(H,16,22)(H2,17,18,19,21). The number of halogens is 3. The Morgan fingerprint density at radius 3 is 2.64 bits per heavy atom. The minimum Gasteiger partial charge on any atom is -0.320 e. The molecule has 0 fully saturated rings. The fourth-order valence-corrected chi connectivity index (χ4v) is 1.53. The summed E-state index contributed by atoms with van der Waals surface area (Å²) in [5.41, 5.74) is -1.44. The lowest BCUT2D eigenvalue weighted by molar-refractivity contribution is -0.141. The third-order valence-electron chi connectivity index (χ3n) is 2.59. The molecule has 3 N–H and O–H groups in total. The summed E-state index contributed by atoms with van der Waals surface area (Å²) in [6.07, 6.45) is -3.63. The van der Waals surface area contributed by atoms with E-state index in [1.54, 1.807) is 0 Å². The van der Waals surface area contributed by atoms with Crippen molar-refractivity contribution < 1.29 is 18.0 Å². The summed E-state index contributed by atoms with van der Waals surface area (Å²) in [4.78, 5) is 29.5. The number of carbonyl (C=O) groups is 1. The zero-order valence-electron chi connectivity index (χ0n) is 11.2. The number of nitrogens with zero attached hydrogens (tertiary/aromatic N) is 3. The van der Waals surface area contributed by atoms with Gasteiger partial charge in [0.25, 0.3) is 0 Å². The van der Waals surface area contributed by atoms with Crippen molar-refractivity contribution in [3.05, 3.63) is 40.3 Å². The van der Waals surface area contributed by atoms with E-state index in [0.717, 1.165) is 18.3 Å². The number of hydrogen-bond acceptors (Lipinski definition) is 4. The summed E-state index contributed by atoms with van der Waals surface area (Å²) in [7, 11) is 1.43. The maximum absolute atomic E-state index is 12.4. The molecule has 118 valence electrons. The predicted octanol–water partition coefficient (Wildman–Crippen LogP) is 1.18. The number of urea groups is 1. The number of alkyl halides is 3. The van der Waals surface area contributed by atoms with Gasteiger partial charge in [-0.15, -0.1) is 0 Å². The van der Waals surface area contributed by atoms with Crippen LogP contribution in [-0.2, 0) is 12.7 Å². The van der Waals surface area contributed by atoms with Crippen LogP contribution in [0.3, 0.4) is 0 Å². The van der Waals surface area contributed by atoms with E-state index in [4.69, 9.17) is 0 Å². The van der Waals surface area contributed by atoms with Crippen LogP contribution in [0.15, 0.2) is 23.1 Å². The van der Waals surface area contributed by atoms with Gasteiger partial charge in [0, 0.05) is 7.05 Å². The van der Waals surface area contributed by atoms with E-state index < -0.39 is 23.6 Å². The SMILES string of the molecule is CN(Cc1n[nH]c(=O)[nH]1)C(=O)Nc1ccc(C(F)(F)F)nc1. The van der Waals surface area contributed by atoms with Gasteiger partial charge in [-0.1, -0.05) is 0 Å². The van der Waals surface area contributed by atoms with Gasteiger partial charge >= 0.3 is 17.9 Å². The smallest absolute Gasteiger partial charge is 0.320 e. The lowest BCUT2D eigenvalue weighted by Crippen LogP contribution is -2.31. The monoisotopic (exact) mass is 316 g/mol. The first-order valence-corrected chi connectivity index (χ1v) is 5.94. The number of amides is 2. The van der Waals surface area contributed by atoms with Crippen molar-refractivity contribution in [2.45, 2.75) is 12.7 Å². The molecule has 0 saturated heterocycles. The zero-order chi connectivity index (χ0) is 16.3. The lowest BCUT2D eigenvalue weighted by atomic mass is 10.3. The highest BCUT2D eigenvalue weighted by atomic mass is 19.4. The molecule has 0 unspecified atom stereocenters. The molecule has 0 aliphatic rings. The molecule has 2 rings (SSSR count). The fourth-order valence-electron chi connectivity index (χ4n) is 1.53. The molecule has 0 radical (unpaired) electrons. The molecule has 0 aromatic carbocycles. The highest BCUT2D eigenvalue weighted by Crippen LogP contribution is 2.27. The highest BCUT2D eigenvalue weighted by molar-refractivity contribution is 5.88. The molecule has 0 aliphatic carbocycles. The number of carbonyl (C=O) groups excluding carboxylic acids is 1. The Labute approximate surface area is 121 Å². The highest BCUT2D eigenvalue weighted by Gasteiger charge is 2.32. The minimum atomic E-state index is -4.54. The van der Waals surface area contributed by atoms with Crippen molar-refractivity contribution in [2.24, 2.45) is 0 Å². The van der Waals surface area contributed by atoms with Crippen molar-refractivity contribution in [2.75, 3.05) is 12.4 Å². The van der Waals surface area contributed by atoms with E-state index in [2.05, 4.69) is 25.5 Å². The Kier molecular flexibility index (Phi) is 4.15. The summed E-state index contributed by atoms with van der Waals surface area (Å²) < 4.78 is 37.1. The molecule has 0 saturated carbocycles. The number of anilines is 1. The topological polar surface area (TPSA) is 107 Å². The Bertz CT molecular complexity index is 706. The molecule has 0 atom stereocenters. The average Bonchev–Trinajstić information content (AvgIpc) is 2.83. The Morgan fingerprint density at radius 1 is 1.41 bits per heavy atom. The fraction of sp³-hybridized carbons (Fsp3) is 0.273. The maximum atomic E-state index is 12.4. The third-order valence-corrected chi connectivity index (χ3v) is 2.59. The van der Waals surface area contributed by atoms with Crippen molar-refractivity contribution >= 4 is 11.7 Å². The van der Waals surface area contributed by atoms with E-state index in [1.165, 1.54) is 11.9 Å². The molecule has 11 heteroatoms. The maximum Gasteiger partial charge on any atom is 0.433 e. The summed E-state index contributed by atoms with van der Waals surface area (Å²) in [5, 5.41) is 8.15. The molecule has 2 heterocycles. The zero-order valence-corrected chi connectivity index (χ0v) is 11.2. The minimum absolute atomic E-state index is 0.0125. The van der Waals surface area contributed by atoms with Gasteiger partial charge < -0.3 is 10.2 Å². The largest absolute Gasteiger partial charge is 0.433 e. The van der Waals surface area contributed by atoms with Gasteiger partial charge in [-0.2, -0.15) is 18.3 Å². The summed E-state index contributed by atoms with van der Waals surface area (Å²) >= 11 is 0. The van der Waals surface area contributed by atoms with Crippen LogP contribution in [0.1, 0.15) is 11.5 Å². The average molecular weight is 316 g/mol. The van der Waals surface area contributed by atoms with Crippen LogP contribution < -0.4 is 11.0 Å². The number of nitrogens with one attached hydrogen (secondary N) is 3. The number of aromatic nitrogens is 4. The molecular formula is C11H11F3N6O2. The summed E-state index contributed by atoms with van der Waals surface area (Å²) in [6, 6.07) is 1.27. The Hall–Kier alpha value is -2.85. The Morgan fingerprint density at radius 2 is 2.14 bits per heavy atom.